The maximum absolute atomic E-state index is 12.7. The number of hydrogen-bond donors (Lipinski definition) is 0. The summed E-state index contributed by atoms with van der Waals surface area (Å²) in [7, 11) is 0. The van der Waals surface area contributed by atoms with Crippen LogP contribution >= 0.6 is 11.6 Å². The van der Waals surface area contributed by atoms with Gasteiger partial charge in [-0.1, -0.05) is 30.9 Å². The van der Waals surface area contributed by atoms with Crippen LogP contribution in [0.2, 0.25) is 5.02 Å². The average Bonchev–Trinajstić information content (AvgIpc) is 2.62. The Morgan fingerprint density at radius 3 is 2.48 bits per heavy atom. The molecule has 0 aliphatic heterocycles. The fourth-order valence-corrected chi connectivity index (χ4v) is 3.23. The van der Waals surface area contributed by atoms with Crippen molar-refractivity contribution in [2.45, 2.75) is 51.5 Å². The predicted octanol–water partition coefficient (Wildman–Crippen LogP) is 3.83. The first-order chi connectivity index (χ1) is 12.1. The van der Waals surface area contributed by atoms with Crippen LogP contribution in [0.1, 0.15) is 45.4 Å². The summed E-state index contributed by atoms with van der Waals surface area (Å²) in [5.74, 6) is 0.243. The summed E-state index contributed by atoms with van der Waals surface area (Å²) in [6.45, 7) is 2.48. The SMILES string of the molecule is CCOC(=O)CCN(C(=O)COc1ccc(Cl)cc1)C1CCCCC1. The van der Waals surface area contributed by atoms with Crippen LogP contribution in [0.25, 0.3) is 0 Å². The Morgan fingerprint density at radius 1 is 1.16 bits per heavy atom. The molecular weight excluding hydrogens is 342 g/mol. The Bertz CT molecular complexity index is 555. The zero-order valence-corrected chi connectivity index (χ0v) is 15.5. The standard InChI is InChI=1S/C19H26ClNO4/c1-2-24-19(23)12-13-21(16-6-4-3-5-7-16)18(22)14-25-17-10-8-15(20)9-11-17/h8-11,16H,2-7,12-14H2,1H3. The van der Waals surface area contributed by atoms with E-state index in [0.717, 1.165) is 25.7 Å². The van der Waals surface area contributed by atoms with Gasteiger partial charge >= 0.3 is 5.97 Å². The number of rotatable bonds is 8. The lowest BCUT2D eigenvalue weighted by molar-refractivity contribution is -0.145. The fourth-order valence-electron chi connectivity index (χ4n) is 3.11. The number of amides is 1. The van der Waals surface area contributed by atoms with Gasteiger partial charge in [-0.15, -0.1) is 0 Å². The van der Waals surface area contributed by atoms with E-state index >= 15 is 0 Å². The van der Waals surface area contributed by atoms with E-state index < -0.39 is 0 Å². The van der Waals surface area contributed by atoms with Crippen LogP contribution in [0.5, 0.6) is 5.75 Å². The molecule has 0 aromatic heterocycles. The molecule has 1 aliphatic carbocycles. The van der Waals surface area contributed by atoms with E-state index in [4.69, 9.17) is 21.1 Å². The maximum Gasteiger partial charge on any atom is 0.307 e. The van der Waals surface area contributed by atoms with Gasteiger partial charge in [0.25, 0.3) is 5.91 Å². The second-order valence-corrected chi connectivity index (χ2v) is 6.61. The zero-order chi connectivity index (χ0) is 18.1. The summed E-state index contributed by atoms with van der Waals surface area (Å²) in [6, 6.07) is 7.10. The lowest BCUT2D eigenvalue weighted by Gasteiger charge is -2.34. The number of benzene rings is 1. The maximum atomic E-state index is 12.7. The fraction of sp³-hybridized carbons (Fsp3) is 0.579. The van der Waals surface area contributed by atoms with Crippen LogP contribution in [0.4, 0.5) is 0 Å². The van der Waals surface area contributed by atoms with E-state index in [1.165, 1.54) is 6.42 Å². The van der Waals surface area contributed by atoms with E-state index in [0.29, 0.717) is 23.9 Å². The van der Waals surface area contributed by atoms with Crippen molar-refractivity contribution in [3.63, 3.8) is 0 Å². The Kier molecular flexibility index (Phi) is 8.06. The molecule has 1 aromatic carbocycles. The summed E-state index contributed by atoms with van der Waals surface area (Å²) in [6.07, 6.45) is 5.62. The van der Waals surface area contributed by atoms with Crippen LogP contribution in [0, 0.1) is 0 Å². The molecule has 6 heteroatoms. The molecule has 2 rings (SSSR count). The number of halogens is 1. The third kappa shape index (κ3) is 6.58. The first-order valence-corrected chi connectivity index (χ1v) is 9.31. The Hall–Kier alpha value is -1.75. The van der Waals surface area contributed by atoms with Gasteiger partial charge in [-0.25, -0.2) is 0 Å². The molecule has 1 amide bonds. The molecule has 1 saturated carbocycles. The number of hydrogen-bond acceptors (Lipinski definition) is 4. The number of ether oxygens (including phenoxy) is 2. The van der Waals surface area contributed by atoms with Gasteiger partial charge < -0.3 is 14.4 Å². The van der Waals surface area contributed by atoms with Crippen molar-refractivity contribution in [3.05, 3.63) is 29.3 Å². The number of carbonyl (C=O) groups is 2. The van der Waals surface area contributed by atoms with Gasteiger partial charge in [-0.05, 0) is 44.0 Å². The van der Waals surface area contributed by atoms with Crippen molar-refractivity contribution in [1.29, 1.82) is 0 Å². The van der Waals surface area contributed by atoms with Crippen LogP contribution in [-0.2, 0) is 14.3 Å². The Morgan fingerprint density at radius 2 is 1.84 bits per heavy atom. The van der Waals surface area contributed by atoms with Crippen molar-refractivity contribution >= 4 is 23.5 Å². The summed E-state index contributed by atoms with van der Waals surface area (Å²) < 4.78 is 10.6. The Labute approximate surface area is 154 Å². The molecule has 0 bridgehead atoms. The normalized spacial score (nSPS) is 14.8. The third-order valence-corrected chi connectivity index (χ3v) is 4.63. The van der Waals surface area contributed by atoms with Gasteiger partial charge in [0.15, 0.2) is 6.61 Å². The number of carbonyl (C=O) groups excluding carboxylic acids is 2. The van der Waals surface area contributed by atoms with Gasteiger partial charge in [0.1, 0.15) is 5.75 Å². The molecule has 0 spiro atoms. The second-order valence-electron chi connectivity index (χ2n) is 6.18. The van der Waals surface area contributed by atoms with Crippen molar-refractivity contribution < 1.29 is 19.1 Å². The highest BCUT2D eigenvalue weighted by Crippen LogP contribution is 2.23. The number of esters is 1. The molecule has 0 unspecified atom stereocenters. The van der Waals surface area contributed by atoms with E-state index in [1.54, 1.807) is 36.1 Å². The van der Waals surface area contributed by atoms with Crippen molar-refractivity contribution in [3.8, 4) is 5.75 Å². The summed E-state index contributed by atoms with van der Waals surface area (Å²) in [4.78, 5) is 26.1. The van der Waals surface area contributed by atoms with Crippen LogP contribution < -0.4 is 4.74 Å². The lowest BCUT2D eigenvalue weighted by atomic mass is 9.94. The monoisotopic (exact) mass is 367 g/mol. The molecule has 25 heavy (non-hydrogen) atoms. The van der Waals surface area contributed by atoms with E-state index in [2.05, 4.69) is 0 Å². The van der Waals surface area contributed by atoms with Gasteiger partial charge in [0.05, 0.1) is 13.0 Å². The minimum atomic E-state index is -0.269. The minimum Gasteiger partial charge on any atom is -0.484 e. The van der Waals surface area contributed by atoms with Crippen LogP contribution in [-0.4, -0.2) is 42.6 Å². The zero-order valence-electron chi connectivity index (χ0n) is 14.7. The molecule has 0 saturated heterocycles. The van der Waals surface area contributed by atoms with Crippen LogP contribution in [0.3, 0.4) is 0 Å². The highest BCUT2D eigenvalue weighted by Gasteiger charge is 2.26. The molecule has 1 aromatic rings. The predicted molar refractivity (Wildman–Crippen MR) is 96.8 cm³/mol. The largest absolute Gasteiger partial charge is 0.484 e. The van der Waals surface area contributed by atoms with Crippen molar-refractivity contribution in [1.82, 2.24) is 4.90 Å². The van der Waals surface area contributed by atoms with Gasteiger partial charge in [0, 0.05) is 17.6 Å². The smallest absolute Gasteiger partial charge is 0.307 e. The molecule has 1 aliphatic rings. The molecule has 0 N–H and O–H groups in total. The summed E-state index contributed by atoms with van der Waals surface area (Å²) >= 11 is 5.85. The topological polar surface area (TPSA) is 55.8 Å². The van der Waals surface area contributed by atoms with E-state index in [9.17, 15) is 9.59 Å². The lowest BCUT2D eigenvalue weighted by Crippen LogP contribution is -2.44. The first kappa shape index (κ1) is 19.6. The molecule has 138 valence electrons. The highest BCUT2D eigenvalue weighted by molar-refractivity contribution is 6.30. The quantitative estimate of drug-likeness (QED) is 0.655. The molecule has 0 atom stereocenters. The molecule has 0 heterocycles. The molecule has 5 nitrogen and oxygen atoms in total. The minimum absolute atomic E-state index is 0.0407. The van der Waals surface area contributed by atoms with E-state index in [-0.39, 0.29) is 30.9 Å². The van der Waals surface area contributed by atoms with Crippen molar-refractivity contribution in [2.24, 2.45) is 0 Å². The van der Waals surface area contributed by atoms with Gasteiger partial charge in [0.2, 0.25) is 0 Å². The number of nitrogens with zero attached hydrogens (tertiary/aromatic N) is 1. The van der Waals surface area contributed by atoms with Gasteiger partial charge in [-0.3, -0.25) is 9.59 Å². The highest BCUT2D eigenvalue weighted by atomic mass is 35.5. The van der Waals surface area contributed by atoms with Crippen LogP contribution in [0.15, 0.2) is 24.3 Å². The van der Waals surface area contributed by atoms with E-state index in [1.807, 2.05) is 0 Å². The molecular formula is C19H26ClNO4. The first-order valence-electron chi connectivity index (χ1n) is 8.93. The second kappa shape index (κ2) is 10.3. The third-order valence-electron chi connectivity index (χ3n) is 4.37. The summed E-state index contributed by atoms with van der Waals surface area (Å²) in [5, 5.41) is 0.622. The van der Waals surface area contributed by atoms with Gasteiger partial charge in [-0.2, -0.15) is 0 Å². The Balaban J connectivity index is 1.93. The molecule has 1 fully saturated rings. The van der Waals surface area contributed by atoms with Crippen molar-refractivity contribution in [2.75, 3.05) is 19.8 Å². The summed E-state index contributed by atoms with van der Waals surface area (Å²) in [5.41, 5.74) is 0. The average molecular weight is 368 g/mol. The molecule has 0 radical (unpaired) electrons.